The molecule has 1 N–H and O–H groups in total. The molecule has 0 unspecified atom stereocenters. The number of rotatable bonds is 6. The number of hydrogen-bond acceptors (Lipinski definition) is 4. The highest BCUT2D eigenvalue weighted by molar-refractivity contribution is 5.57. The zero-order valence-corrected chi connectivity index (χ0v) is 12.3. The summed E-state index contributed by atoms with van der Waals surface area (Å²) in [5, 5.41) is 3.21. The number of halogens is 1. The van der Waals surface area contributed by atoms with Gasteiger partial charge in [0, 0.05) is 18.2 Å². The lowest BCUT2D eigenvalue weighted by Crippen LogP contribution is -2.04. The Morgan fingerprint density at radius 3 is 2.33 bits per heavy atom. The molecule has 0 heterocycles. The number of ether oxygens (including phenoxy) is 3. The van der Waals surface area contributed by atoms with Crippen molar-refractivity contribution in [2.45, 2.75) is 6.54 Å². The van der Waals surface area contributed by atoms with Crippen molar-refractivity contribution in [1.82, 2.24) is 0 Å². The van der Waals surface area contributed by atoms with Crippen LogP contribution in [0, 0.1) is 5.82 Å². The molecule has 0 spiro atoms. The van der Waals surface area contributed by atoms with Crippen molar-refractivity contribution in [3.05, 3.63) is 47.8 Å². The predicted octanol–water partition coefficient (Wildman–Crippen LogP) is 3.46. The van der Waals surface area contributed by atoms with Gasteiger partial charge in [-0.05, 0) is 30.3 Å². The second-order valence-corrected chi connectivity index (χ2v) is 4.38. The SMILES string of the molecule is COc1ccc(OC)c(CNc2ccc(F)cc2OC)c1. The highest BCUT2D eigenvalue weighted by Gasteiger charge is 2.08. The molecule has 0 aliphatic rings. The predicted molar refractivity (Wildman–Crippen MR) is 79.8 cm³/mol. The Hall–Kier alpha value is -2.43. The molecular weight excluding hydrogens is 273 g/mol. The van der Waals surface area contributed by atoms with Crippen molar-refractivity contribution in [1.29, 1.82) is 0 Å². The fourth-order valence-electron chi connectivity index (χ4n) is 2.02. The first kappa shape index (κ1) is 15.0. The fraction of sp³-hybridized carbons (Fsp3) is 0.250. The van der Waals surface area contributed by atoms with Crippen molar-refractivity contribution in [3.8, 4) is 17.2 Å². The molecule has 0 saturated carbocycles. The summed E-state index contributed by atoms with van der Waals surface area (Å²) in [7, 11) is 4.73. The summed E-state index contributed by atoms with van der Waals surface area (Å²) in [5.41, 5.74) is 1.65. The van der Waals surface area contributed by atoms with Gasteiger partial charge in [0.05, 0.1) is 27.0 Å². The molecule has 0 bridgehead atoms. The topological polar surface area (TPSA) is 39.7 Å². The first-order chi connectivity index (χ1) is 10.2. The second kappa shape index (κ2) is 6.83. The lowest BCUT2D eigenvalue weighted by atomic mass is 10.1. The molecule has 0 fully saturated rings. The highest BCUT2D eigenvalue weighted by Crippen LogP contribution is 2.28. The van der Waals surface area contributed by atoms with Crippen LogP contribution in [0.15, 0.2) is 36.4 Å². The van der Waals surface area contributed by atoms with E-state index in [4.69, 9.17) is 14.2 Å². The average molecular weight is 291 g/mol. The number of hydrogen-bond donors (Lipinski definition) is 1. The van der Waals surface area contributed by atoms with Crippen LogP contribution >= 0.6 is 0 Å². The molecule has 4 nitrogen and oxygen atoms in total. The van der Waals surface area contributed by atoms with Gasteiger partial charge in [-0.15, -0.1) is 0 Å². The molecule has 2 aromatic carbocycles. The quantitative estimate of drug-likeness (QED) is 0.884. The Morgan fingerprint density at radius 2 is 1.67 bits per heavy atom. The minimum Gasteiger partial charge on any atom is -0.497 e. The van der Waals surface area contributed by atoms with Gasteiger partial charge in [-0.2, -0.15) is 0 Å². The van der Waals surface area contributed by atoms with Crippen molar-refractivity contribution in [2.24, 2.45) is 0 Å². The largest absolute Gasteiger partial charge is 0.497 e. The molecule has 0 amide bonds. The van der Waals surface area contributed by atoms with Crippen LogP contribution in [0.5, 0.6) is 17.2 Å². The van der Waals surface area contributed by atoms with E-state index in [1.165, 1.54) is 19.2 Å². The summed E-state index contributed by atoms with van der Waals surface area (Å²) in [6, 6.07) is 9.93. The molecular formula is C16H18FNO3. The zero-order valence-electron chi connectivity index (χ0n) is 12.3. The first-order valence-corrected chi connectivity index (χ1v) is 6.46. The standard InChI is InChI=1S/C16H18FNO3/c1-19-13-5-7-15(20-2)11(8-13)10-18-14-6-4-12(17)9-16(14)21-3/h4-9,18H,10H2,1-3H3. The van der Waals surface area contributed by atoms with Crippen LogP contribution < -0.4 is 19.5 Å². The van der Waals surface area contributed by atoms with Gasteiger partial charge in [0.15, 0.2) is 0 Å². The normalized spacial score (nSPS) is 10.1. The number of anilines is 1. The monoisotopic (exact) mass is 291 g/mol. The third-order valence-electron chi connectivity index (χ3n) is 3.12. The van der Waals surface area contributed by atoms with Gasteiger partial charge in [-0.25, -0.2) is 4.39 Å². The van der Waals surface area contributed by atoms with Crippen molar-refractivity contribution in [3.63, 3.8) is 0 Å². The molecule has 5 heteroatoms. The van der Waals surface area contributed by atoms with Crippen molar-refractivity contribution in [2.75, 3.05) is 26.6 Å². The number of nitrogens with one attached hydrogen (secondary N) is 1. The molecule has 0 saturated heterocycles. The van der Waals surface area contributed by atoms with E-state index in [0.717, 1.165) is 17.1 Å². The summed E-state index contributed by atoms with van der Waals surface area (Å²) in [6.07, 6.45) is 0. The zero-order chi connectivity index (χ0) is 15.2. The van der Waals surface area contributed by atoms with Gasteiger partial charge in [-0.1, -0.05) is 0 Å². The molecule has 2 aromatic rings. The average Bonchev–Trinajstić information content (AvgIpc) is 2.53. The van der Waals surface area contributed by atoms with Gasteiger partial charge in [0.1, 0.15) is 23.1 Å². The molecule has 112 valence electrons. The fourth-order valence-corrected chi connectivity index (χ4v) is 2.02. The van der Waals surface area contributed by atoms with Gasteiger partial charge >= 0.3 is 0 Å². The van der Waals surface area contributed by atoms with E-state index in [9.17, 15) is 4.39 Å². The molecule has 0 aliphatic heterocycles. The minimum atomic E-state index is -0.337. The number of methoxy groups -OCH3 is 3. The van der Waals surface area contributed by atoms with E-state index in [1.54, 1.807) is 20.3 Å². The Bertz CT molecular complexity index is 616. The van der Waals surface area contributed by atoms with Crippen molar-refractivity contribution < 1.29 is 18.6 Å². The summed E-state index contributed by atoms with van der Waals surface area (Å²) in [4.78, 5) is 0. The summed E-state index contributed by atoms with van der Waals surface area (Å²) >= 11 is 0. The Balaban J connectivity index is 2.19. The summed E-state index contributed by atoms with van der Waals surface area (Å²) < 4.78 is 28.9. The van der Waals surface area contributed by atoms with E-state index < -0.39 is 0 Å². The van der Waals surface area contributed by atoms with Crippen LogP contribution in [0.2, 0.25) is 0 Å². The molecule has 0 radical (unpaired) electrons. The van der Waals surface area contributed by atoms with Gasteiger partial charge in [-0.3, -0.25) is 0 Å². The van der Waals surface area contributed by atoms with Crippen LogP contribution in [-0.2, 0) is 6.54 Å². The highest BCUT2D eigenvalue weighted by atomic mass is 19.1. The van der Waals surface area contributed by atoms with E-state index in [1.807, 2.05) is 18.2 Å². The third kappa shape index (κ3) is 3.56. The van der Waals surface area contributed by atoms with Gasteiger partial charge < -0.3 is 19.5 Å². The third-order valence-corrected chi connectivity index (χ3v) is 3.12. The molecule has 0 aliphatic carbocycles. The minimum absolute atomic E-state index is 0.337. The first-order valence-electron chi connectivity index (χ1n) is 6.46. The lowest BCUT2D eigenvalue weighted by Gasteiger charge is -2.14. The van der Waals surface area contributed by atoms with E-state index in [-0.39, 0.29) is 5.82 Å². The maximum absolute atomic E-state index is 13.2. The number of benzene rings is 2. The van der Waals surface area contributed by atoms with Crippen LogP contribution in [0.3, 0.4) is 0 Å². The summed E-state index contributed by atoms with van der Waals surface area (Å²) in [5.74, 6) is 1.62. The van der Waals surface area contributed by atoms with Gasteiger partial charge in [0.2, 0.25) is 0 Å². The van der Waals surface area contributed by atoms with E-state index >= 15 is 0 Å². The smallest absolute Gasteiger partial charge is 0.144 e. The van der Waals surface area contributed by atoms with Crippen molar-refractivity contribution >= 4 is 5.69 Å². The van der Waals surface area contributed by atoms with Crippen LogP contribution in [0.25, 0.3) is 0 Å². The molecule has 0 aromatic heterocycles. The Morgan fingerprint density at radius 1 is 0.905 bits per heavy atom. The second-order valence-electron chi connectivity index (χ2n) is 4.38. The van der Waals surface area contributed by atoms with E-state index in [0.29, 0.717) is 18.0 Å². The van der Waals surface area contributed by atoms with Crippen LogP contribution in [0.4, 0.5) is 10.1 Å². The Labute approximate surface area is 123 Å². The Kier molecular flexibility index (Phi) is 4.87. The van der Waals surface area contributed by atoms with E-state index in [2.05, 4.69) is 5.32 Å². The lowest BCUT2D eigenvalue weighted by molar-refractivity contribution is 0.399. The molecule has 21 heavy (non-hydrogen) atoms. The summed E-state index contributed by atoms with van der Waals surface area (Å²) in [6.45, 7) is 0.502. The molecule has 2 rings (SSSR count). The maximum Gasteiger partial charge on any atom is 0.144 e. The molecule has 0 atom stereocenters. The van der Waals surface area contributed by atoms with Crippen LogP contribution in [0.1, 0.15) is 5.56 Å². The van der Waals surface area contributed by atoms with Gasteiger partial charge in [0.25, 0.3) is 0 Å². The maximum atomic E-state index is 13.2. The van der Waals surface area contributed by atoms with Crippen LogP contribution in [-0.4, -0.2) is 21.3 Å².